The van der Waals surface area contributed by atoms with E-state index in [9.17, 15) is 9.59 Å². The molecule has 6 heteroatoms. The summed E-state index contributed by atoms with van der Waals surface area (Å²) in [5.41, 5.74) is 0.985. The first kappa shape index (κ1) is 17.9. The van der Waals surface area contributed by atoms with Crippen molar-refractivity contribution in [2.24, 2.45) is 0 Å². The average Bonchev–Trinajstić information content (AvgIpc) is 3.00. The minimum Gasteiger partial charge on any atom is -0.457 e. The van der Waals surface area contributed by atoms with Gasteiger partial charge in [-0.2, -0.15) is 0 Å². The molecule has 1 aromatic carbocycles. The lowest BCUT2D eigenvalue weighted by molar-refractivity contribution is -0.148. The highest BCUT2D eigenvalue weighted by atomic mass is 32.1. The molecule has 0 spiro atoms. The minimum atomic E-state index is -0.520. The third-order valence-electron chi connectivity index (χ3n) is 3.31. The number of amides is 1. The number of hydrogen-bond donors (Lipinski definition) is 1. The maximum absolute atomic E-state index is 12.1. The van der Waals surface area contributed by atoms with E-state index in [1.807, 2.05) is 44.4 Å². The lowest BCUT2D eigenvalue weighted by atomic mass is 10.2. The summed E-state index contributed by atoms with van der Waals surface area (Å²) in [6.45, 7) is 5.46. The molecule has 0 saturated heterocycles. The van der Waals surface area contributed by atoms with Crippen molar-refractivity contribution in [2.45, 2.75) is 26.4 Å². The lowest BCUT2D eigenvalue weighted by Gasteiger charge is -2.19. The van der Waals surface area contributed by atoms with Crippen molar-refractivity contribution in [3.8, 4) is 5.75 Å². The predicted molar refractivity (Wildman–Crippen MR) is 103 cm³/mol. The van der Waals surface area contributed by atoms with Crippen LogP contribution in [-0.4, -0.2) is 17.5 Å². The van der Waals surface area contributed by atoms with Gasteiger partial charge in [0.1, 0.15) is 5.60 Å². The van der Waals surface area contributed by atoms with Crippen LogP contribution in [0.3, 0.4) is 0 Å². The van der Waals surface area contributed by atoms with Gasteiger partial charge in [0.05, 0.1) is 5.69 Å². The SMILES string of the molecule is CC(C)(C)OC(=O)/C=C/c1csc(/C=C2/Oc3ccccc3NC2=O)c1. The molecule has 1 N–H and O–H groups in total. The molecule has 3 rings (SSSR count). The summed E-state index contributed by atoms with van der Waals surface area (Å²) in [5, 5.41) is 4.69. The fourth-order valence-corrected chi connectivity index (χ4v) is 3.06. The number of fused-ring (bicyclic) bond motifs is 1. The molecular weight excluding hydrogens is 350 g/mol. The van der Waals surface area contributed by atoms with Crippen molar-refractivity contribution in [3.63, 3.8) is 0 Å². The monoisotopic (exact) mass is 369 g/mol. The molecule has 1 aliphatic rings. The fourth-order valence-electron chi connectivity index (χ4n) is 2.26. The first-order valence-electron chi connectivity index (χ1n) is 8.10. The molecule has 0 radical (unpaired) electrons. The molecule has 0 unspecified atom stereocenters. The highest BCUT2D eigenvalue weighted by molar-refractivity contribution is 7.11. The van der Waals surface area contributed by atoms with Crippen molar-refractivity contribution in [1.82, 2.24) is 0 Å². The van der Waals surface area contributed by atoms with Crippen molar-refractivity contribution < 1.29 is 19.1 Å². The number of hydrogen-bond acceptors (Lipinski definition) is 5. The quantitative estimate of drug-likeness (QED) is 0.640. The second-order valence-electron chi connectivity index (χ2n) is 6.71. The fraction of sp³-hybridized carbons (Fsp3) is 0.200. The van der Waals surface area contributed by atoms with E-state index in [0.29, 0.717) is 11.4 Å². The lowest BCUT2D eigenvalue weighted by Crippen LogP contribution is -2.23. The highest BCUT2D eigenvalue weighted by Crippen LogP contribution is 2.31. The number of esters is 1. The molecule has 5 nitrogen and oxygen atoms in total. The first-order valence-corrected chi connectivity index (χ1v) is 8.98. The molecule has 2 heterocycles. The first-order chi connectivity index (χ1) is 12.3. The van der Waals surface area contributed by atoms with Crippen molar-refractivity contribution >= 4 is 41.1 Å². The van der Waals surface area contributed by atoms with Gasteiger partial charge < -0.3 is 14.8 Å². The summed E-state index contributed by atoms with van der Waals surface area (Å²) < 4.78 is 10.9. The zero-order valence-corrected chi connectivity index (χ0v) is 15.6. The average molecular weight is 369 g/mol. The Hall–Kier alpha value is -2.86. The Morgan fingerprint density at radius 2 is 2.04 bits per heavy atom. The van der Waals surface area contributed by atoms with E-state index < -0.39 is 11.6 Å². The van der Waals surface area contributed by atoms with Gasteiger partial charge in [-0.1, -0.05) is 12.1 Å². The smallest absolute Gasteiger partial charge is 0.331 e. The van der Waals surface area contributed by atoms with Gasteiger partial charge in [-0.25, -0.2) is 4.79 Å². The summed E-state index contributed by atoms with van der Waals surface area (Å²) in [4.78, 5) is 24.7. The van der Waals surface area contributed by atoms with Gasteiger partial charge in [-0.15, -0.1) is 11.3 Å². The van der Waals surface area contributed by atoms with E-state index in [0.717, 1.165) is 10.4 Å². The second kappa shape index (κ2) is 7.17. The van der Waals surface area contributed by atoms with Gasteiger partial charge in [0.2, 0.25) is 0 Å². The molecule has 26 heavy (non-hydrogen) atoms. The van der Waals surface area contributed by atoms with Crippen molar-refractivity contribution in [3.05, 3.63) is 58.0 Å². The maximum atomic E-state index is 12.1. The minimum absolute atomic E-state index is 0.230. The normalized spacial score (nSPS) is 15.5. The molecule has 2 aromatic rings. The third-order valence-corrected chi connectivity index (χ3v) is 4.21. The standard InChI is InChI=1S/C20H19NO4S/c1-20(2,3)25-18(22)9-8-13-10-14(26-12-13)11-17-19(23)21-15-6-4-5-7-16(15)24-17/h4-12H,1-3H3,(H,21,23)/b9-8+,17-11+. The molecule has 1 amide bonds. The molecule has 1 aliphatic heterocycles. The van der Waals surface area contributed by atoms with Crippen LogP contribution in [0.4, 0.5) is 5.69 Å². The van der Waals surface area contributed by atoms with Crippen LogP contribution >= 0.6 is 11.3 Å². The maximum Gasteiger partial charge on any atom is 0.331 e. The Bertz CT molecular complexity index is 903. The molecule has 0 saturated carbocycles. The number of carbonyl (C=O) groups is 2. The van der Waals surface area contributed by atoms with Crippen LogP contribution in [-0.2, 0) is 14.3 Å². The Balaban J connectivity index is 1.71. The van der Waals surface area contributed by atoms with E-state index in [1.165, 1.54) is 17.4 Å². The Morgan fingerprint density at radius 1 is 1.27 bits per heavy atom. The van der Waals surface area contributed by atoms with E-state index in [-0.39, 0.29) is 11.7 Å². The van der Waals surface area contributed by atoms with Crippen LogP contribution in [0, 0.1) is 0 Å². The number of anilines is 1. The van der Waals surface area contributed by atoms with Gasteiger partial charge in [0.25, 0.3) is 5.91 Å². The second-order valence-corrected chi connectivity index (χ2v) is 7.65. The van der Waals surface area contributed by atoms with Crippen molar-refractivity contribution in [1.29, 1.82) is 0 Å². The molecule has 0 bridgehead atoms. The van der Waals surface area contributed by atoms with Gasteiger partial charge in [0, 0.05) is 17.0 Å². The summed E-state index contributed by atoms with van der Waals surface area (Å²) in [6.07, 6.45) is 4.76. The molecule has 0 aliphatic carbocycles. The molecule has 1 aromatic heterocycles. The summed E-state index contributed by atoms with van der Waals surface area (Å²) >= 11 is 1.45. The largest absolute Gasteiger partial charge is 0.457 e. The van der Waals surface area contributed by atoms with E-state index in [1.54, 1.807) is 24.3 Å². The van der Waals surface area contributed by atoms with Crippen molar-refractivity contribution in [2.75, 3.05) is 5.32 Å². The number of thiophene rings is 1. The number of ether oxygens (including phenoxy) is 2. The van der Waals surface area contributed by atoms with Gasteiger partial charge in [-0.3, -0.25) is 4.79 Å². The molecule has 0 atom stereocenters. The number of rotatable bonds is 3. The van der Waals surface area contributed by atoms with Crippen LogP contribution in [0.15, 0.2) is 47.5 Å². The molecule has 0 fully saturated rings. The summed E-state index contributed by atoms with van der Waals surface area (Å²) in [5.74, 6) is 0.159. The van der Waals surface area contributed by atoms with Crippen LogP contribution in [0.2, 0.25) is 0 Å². The van der Waals surface area contributed by atoms with Crippen LogP contribution in [0.5, 0.6) is 5.75 Å². The highest BCUT2D eigenvalue weighted by Gasteiger charge is 2.21. The zero-order chi connectivity index (χ0) is 18.7. The van der Waals surface area contributed by atoms with E-state index in [4.69, 9.17) is 9.47 Å². The molecule has 134 valence electrons. The predicted octanol–water partition coefficient (Wildman–Crippen LogP) is 4.48. The van der Waals surface area contributed by atoms with Gasteiger partial charge in [-0.05, 0) is 56.0 Å². The van der Waals surface area contributed by atoms with E-state index in [2.05, 4.69) is 5.32 Å². The Morgan fingerprint density at radius 3 is 2.81 bits per heavy atom. The van der Waals surface area contributed by atoms with Crippen LogP contribution < -0.4 is 10.1 Å². The molecular formula is C20H19NO4S. The number of nitrogens with one attached hydrogen (secondary N) is 1. The number of carbonyl (C=O) groups excluding carboxylic acids is 2. The summed E-state index contributed by atoms with van der Waals surface area (Å²) in [7, 11) is 0. The summed E-state index contributed by atoms with van der Waals surface area (Å²) in [6, 6.07) is 9.13. The topological polar surface area (TPSA) is 64.6 Å². The van der Waals surface area contributed by atoms with Crippen LogP contribution in [0.25, 0.3) is 12.2 Å². The van der Waals surface area contributed by atoms with E-state index >= 15 is 0 Å². The Kier molecular flexibility index (Phi) is 4.95. The van der Waals surface area contributed by atoms with Crippen LogP contribution in [0.1, 0.15) is 31.2 Å². The third kappa shape index (κ3) is 4.61. The number of benzene rings is 1. The zero-order valence-electron chi connectivity index (χ0n) is 14.7. The van der Waals surface area contributed by atoms with Gasteiger partial charge >= 0.3 is 5.97 Å². The van der Waals surface area contributed by atoms with Gasteiger partial charge in [0.15, 0.2) is 11.5 Å². The Labute approximate surface area is 155 Å². The number of para-hydroxylation sites is 2.